The summed E-state index contributed by atoms with van der Waals surface area (Å²) in [5.74, 6) is -0.746. The minimum Gasteiger partial charge on any atom is -0.494 e. The highest BCUT2D eigenvalue weighted by molar-refractivity contribution is 5.89. The van der Waals surface area contributed by atoms with Gasteiger partial charge in [-0.3, -0.25) is 0 Å². The summed E-state index contributed by atoms with van der Waals surface area (Å²) in [7, 11) is 0. The summed E-state index contributed by atoms with van der Waals surface area (Å²) < 4.78 is 31.5. The molecule has 0 unspecified atom stereocenters. The van der Waals surface area contributed by atoms with Gasteiger partial charge in [-0.25, -0.2) is 13.6 Å². The van der Waals surface area contributed by atoms with Crippen LogP contribution in [0, 0.1) is 11.6 Å². The average molecular weight is 306 g/mol. The zero-order valence-electron chi connectivity index (χ0n) is 11.8. The van der Waals surface area contributed by atoms with Crippen LogP contribution in [0.3, 0.4) is 0 Å². The predicted octanol–water partition coefficient (Wildman–Crippen LogP) is 3.56. The molecule has 2 aromatic carbocycles. The average Bonchev–Trinajstić information content (AvgIpc) is 2.51. The number of amides is 2. The molecule has 0 aliphatic heterocycles. The lowest BCUT2D eigenvalue weighted by atomic mass is 10.3. The Kier molecular flexibility index (Phi) is 5.71. The molecule has 0 saturated heterocycles. The zero-order valence-corrected chi connectivity index (χ0v) is 11.8. The Labute approximate surface area is 127 Å². The Bertz CT molecular complexity index is 621. The molecule has 2 aromatic rings. The molecule has 2 N–H and O–H groups in total. The standard InChI is InChI=1S/C16H16F2N2O2/c17-12-7-8-15(14(18)11-12)20-16(21)19-9-4-10-22-13-5-2-1-3-6-13/h1-3,5-8,11H,4,9-10H2,(H2,19,20,21). The van der Waals surface area contributed by atoms with Crippen molar-refractivity contribution >= 4 is 11.7 Å². The highest BCUT2D eigenvalue weighted by Crippen LogP contribution is 2.14. The van der Waals surface area contributed by atoms with E-state index in [9.17, 15) is 13.6 Å². The van der Waals surface area contributed by atoms with Crippen molar-refractivity contribution in [3.8, 4) is 5.75 Å². The monoisotopic (exact) mass is 306 g/mol. The number of halogens is 2. The van der Waals surface area contributed by atoms with Gasteiger partial charge in [0.15, 0.2) is 0 Å². The summed E-state index contributed by atoms with van der Waals surface area (Å²) >= 11 is 0. The van der Waals surface area contributed by atoms with E-state index in [2.05, 4.69) is 10.6 Å². The number of rotatable bonds is 6. The highest BCUT2D eigenvalue weighted by Gasteiger charge is 2.07. The fourth-order valence-corrected chi connectivity index (χ4v) is 1.74. The molecule has 2 rings (SSSR count). The third-order valence-electron chi connectivity index (χ3n) is 2.80. The first-order chi connectivity index (χ1) is 10.6. The third kappa shape index (κ3) is 5.05. The van der Waals surface area contributed by atoms with Gasteiger partial charge in [-0.1, -0.05) is 18.2 Å². The topological polar surface area (TPSA) is 50.4 Å². The molecule has 0 heterocycles. The Balaban J connectivity index is 1.65. The van der Waals surface area contributed by atoms with E-state index in [-0.39, 0.29) is 5.69 Å². The van der Waals surface area contributed by atoms with E-state index in [1.807, 2.05) is 30.3 Å². The Hall–Kier alpha value is -2.63. The summed E-state index contributed by atoms with van der Waals surface area (Å²) in [4.78, 5) is 11.6. The Morgan fingerprint density at radius 2 is 1.86 bits per heavy atom. The molecule has 0 aliphatic rings. The first-order valence-corrected chi connectivity index (χ1v) is 6.83. The van der Waals surface area contributed by atoms with E-state index in [0.29, 0.717) is 25.6 Å². The van der Waals surface area contributed by atoms with E-state index in [0.717, 1.165) is 11.8 Å². The molecule has 0 bridgehead atoms. The summed E-state index contributed by atoms with van der Waals surface area (Å²) in [6.45, 7) is 0.830. The lowest BCUT2D eigenvalue weighted by Crippen LogP contribution is -2.30. The van der Waals surface area contributed by atoms with Crippen LogP contribution in [-0.4, -0.2) is 19.2 Å². The van der Waals surface area contributed by atoms with Crippen molar-refractivity contribution in [1.29, 1.82) is 0 Å². The molecule has 0 fully saturated rings. The molecule has 0 aromatic heterocycles. The fourth-order valence-electron chi connectivity index (χ4n) is 1.74. The molecule has 0 saturated carbocycles. The number of anilines is 1. The molecule has 2 amide bonds. The van der Waals surface area contributed by atoms with Gasteiger partial charge in [0, 0.05) is 12.6 Å². The Morgan fingerprint density at radius 3 is 2.59 bits per heavy atom. The van der Waals surface area contributed by atoms with E-state index in [4.69, 9.17) is 4.74 Å². The number of hydrogen-bond acceptors (Lipinski definition) is 2. The first kappa shape index (κ1) is 15.8. The van der Waals surface area contributed by atoms with Crippen LogP contribution in [0.1, 0.15) is 6.42 Å². The van der Waals surface area contributed by atoms with Gasteiger partial charge >= 0.3 is 6.03 Å². The van der Waals surface area contributed by atoms with Crippen LogP contribution in [-0.2, 0) is 0 Å². The highest BCUT2D eigenvalue weighted by atomic mass is 19.1. The maximum Gasteiger partial charge on any atom is 0.319 e. The number of urea groups is 1. The lowest BCUT2D eigenvalue weighted by Gasteiger charge is -2.09. The van der Waals surface area contributed by atoms with Gasteiger partial charge in [0.25, 0.3) is 0 Å². The van der Waals surface area contributed by atoms with Crippen LogP contribution < -0.4 is 15.4 Å². The van der Waals surface area contributed by atoms with Gasteiger partial charge in [0.2, 0.25) is 0 Å². The first-order valence-electron chi connectivity index (χ1n) is 6.83. The summed E-state index contributed by atoms with van der Waals surface area (Å²) in [6.07, 6.45) is 0.605. The van der Waals surface area contributed by atoms with Crippen molar-refractivity contribution in [1.82, 2.24) is 5.32 Å². The van der Waals surface area contributed by atoms with E-state index >= 15 is 0 Å². The second-order valence-corrected chi connectivity index (χ2v) is 4.52. The maximum atomic E-state index is 13.3. The quantitative estimate of drug-likeness (QED) is 0.802. The molecular formula is C16H16F2N2O2. The molecule has 0 aliphatic carbocycles. The molecule has 0 spiro atoms. The van der Waals surface area contributed by atoms with E-state index < -0.39 is 17.7 Å². The number of ether oxygens (including phenoxy) is 1. The van der Waals surface area contributed by atoms with Gasteiger partial charge < -0.3 is 15.4 Å². The normalized spacial score (nSPS) is 10.1. The second kappa shape index (κ2) is 7.97. The molecule has 0 radical (unpaired) electrons. The minimum atomic E-state index is -0.817. The second-order valence-electron chi connectivity index (χ2n) is 4.52. The van der Waals surface area contributed by atoms with Gasteiger partial charge in [-0.2, -0.15) is 0 Å². The maximum absolute atomic E-state index is 13.3. The van der Waals surface area contributed by atoms with Crippen molar-refractivity contribution < 1.29 is 18.3 Å². The van der Waals surface area contributed by atoms with Crippen molar-refractivity contribution in [3.05, 3.63) is 60.2 Å². The molecule has 0 atom stereocenters. The van der Waals surface area contributed by atoms with Crippen molar-refractivity contribution in [2.45, 2.75) is 6.42 Å². The van der Waals surface area contributed by atoms with Crippen LogP contribution in [0.25, 0.3) is 0 Å². The fraction of sp³-hybridized carbons (Fsp3) is 0.188. The molecule has 22 heavy (non-hydrogen) atoms. The van der Waals surface area contributed by atoms with Crippen molar-refractivity contribution in [2.24, 2.45) is 0 Å². The van der Waals surface area contributed by atoms with Crippen molar-refractivity contribution in [2.75, 3.05) is 18.5 Å². The summed E-state index contributed by atoms with van der Waals surface area (Å²) in [5.41, 5.74) is -0.0700. The predicted molar refractivity (Wildman–Crippen MR) is 79.9 cm³/mol. The van der Waals surface area contributed by atoms with Gasteiger partial charge in [0.05, 0.1) is 12.3 Å². The Morgan fingerprint density at radius 1 is 1.09 bits per heavy atom. The lowest BCUT2D eigenvalue weighted by molar-refractivity contribution is 0.250. The number of benzene rings is 2. The van der Waals surface area contributed by atoms with E-state index in [1.54, 1.807) is 0 Å². The number of para-hydroxylation sites is 1. The van der Waals surface area contributed by atoms with Gasteiger partial charge in [-0.05, 0) is 30.7 Å². The summed E-state index contributed by atoms with van der Waals surface area (Å²) in [5, 5.41) is 4.88. The zero-order chi connectivity index (χ0) is 15.8. The number of carbonyl (C=O) groups is 1. The third-order valence-corrected chi connectivity index (χ3v) is 2.80. The van der Waals surface area contributed by atoms with Crippen LogP contribution in [0.15, 0.2) is 48.5 Å². The van der Waals surface area contributed by atoms with Gasteiger partial charge in [-0.15, -0.1) is 0 Å². The van der Waals surface area contributed by atoms with Crippen LogP contribution >= 0.6 is 0 Å². The molecule has 116 valence electrons. The SMILES string of the molecule is O=C(NCCCOc1ccccc1)Nc1ccc(F)cc1F. The largest absolute Gasteiger partial charge is 0.494 e. The molecule has 6 heteroatoms. The minimum absolute atomic E-state index is 0.0700. The van der Waals surface area contributed by atoms with E-state index in [1.165, 1.54) is 6.07 Å². The van der Waals surface area contributed by atoms with Gasteiger partial charge in [0.1, 0.15) is 17.4 Å². The molecule has 4 nitrogen and oxygen atoms in total. The number of hydrogen-bond donors (Lipinski definition) is 2. The molecular weight excluding hydrogens is 290 g/mol. The van der Waals surface area contributed by atoms with Crippen LogP contribution in [0.2, 0.25) is 0 Å². The number of carbonyl (C=O) groups excluding carboxylic acids is 1. The number of nitrogens with one attached hydrogen (secondary N) is 2. The van der Waals surface area contributed by atoms with Crippen molar-refractivity contribution in [3.63, 3.8) is 0 Å². The van der Waals surface area contributed by atoms with Crippen LogP contribution in [0.5, 0.6) is 5.75 Å². The van der Waals surface area contributed by atoms with Crippen LogP contribution in [0.4, 0.5) is 19.3 Å². The summed E-state index contributed by atoms with van der Waals surface area (Å²) in [6, 6.07) is 11.7. The smallest absolute Gasteiger partial charge is 0.319 e.